The summed E-state index contributed by atoms with van der Waals surface area (Å²) in [5.74, 6) is 0. The molecule has 0 bridgehead atoms. The average molecular weight is 291 g/mol. The Balaban J connectivity index is 3.83. The second kappa shape index (κ2) is 4.68. The molecule has 0 saturated carbocycles. The fourth-order valence-corrected chi connectivity index (χ4v) is 2.21. The van der Waals surface area contributed by atoms with Crippen LogP contribution in [0.1, 0.15) is 16.7 Å². The summed E-state index contributed by atoms with van der Waals surface area (Å²) in [5.41, 5.74) is -2.76. The second-order valence-electron chi connectivity index (χ2n) is 3.69. The van der Waals surface area contributed by atoms with E-state index in [-0.39, 0.29) is 5.56 Å². The highest BCUT2D eigenvalue weighted by atomic mass is 32.2. The highest BCUT2D eigenvalue weighted by Gasteiger charge is 2.37. The molecule has 4 nitrogen and oxygen atoms in total. The summed E-state index contributed by atoms with van der Waals surface area (Å²) in [5, 5.41) is 8.87. The third kappa shape index (κ3) is 2.94. The Morgan fingerprint density at radius 3 is 2.32 bits per heavy atom. The van der Waals surface area contributed by atoms with Crippen molar-refractivity contribution in [3.05, 3.63) is 35.4 Å². The molecule has 0 atom stereocenters. The Kier molecular flexibility index (Phi) is 3.74. The summed E-state index contributed by atoms with van der Waals surface area (Å²) in [7, 11) is -4.90. The van der Waals surface area contributed by atoms with Crippen molar-refractivity contribution in [1.82, 2.24) is 0 Å². The molecule has 0 heterocycles. The van der Waals surface area contributed by atoms with Crippen molar-refractivity contribution in [3.63, 3.8) is 0 Å². The van der Waals surface area contributed by atoms with E-state index < -0.39 is 37.9 Å². The number of allylic oxidation sites excluding steroid dienone is 1. The number of alkyl halides is 3. The summed E-state index contributed by atoms with van der Waals surface area (Å²) in [4.78, 5) is -0.989. The molecule has 0 aliphatic rings. The molecule has 0 aliphatic carbocycles. The summed E-state index contributed by atoms with van der Waals surface area (Å²) in [6.07, 6.45) is -4.92. The number of aryl methyl sites for hydroxylation is 1. The lowest BCUT2D eigenvalue weighted by molar-refractivity contribution is -0.0688. The molecule has 1 rings (SSSR count). The standard InChI is InChI=1S/C11H8F3NO3S/c1-6-3-4-9(19(16,17)18)10(8(6)5-15)7(2)11(12,13)14/h3-4H,2H2,1H3,(H,16,17,18). The van der Waals surface area contributed by atoms with Gasteiger partial charge in [-0.15, -0.1) is 0 Å². The van der Waals surface area contributed by atoms with Crippen LogP contribution < -0.4 is 0 Å². The maximum atomic E-state index is 12.7. The zero-order valence-electron chi connectivity index (χ0n) is 9.61. The Bertz CT molecular complexity index is 684. The van der Waals surface area contributed by atoms with E-state index in [1.165, 1.54) is 13.0 Å². The lowest BCUT2D eigenvalue weighted by atomic mass is 9.97. The first-order valence-corrected chi connectivity index (χ1v) is 6.21. The minimum Gasteiger partial charge on any atom is -0.282 e. The number of halogens is 3. The smallest absolute Gasteiger partial charge is 0.282 e. The maximum absolute atomic E-state index is 12.7. The largest absolute Gasteiger partial charge is 0.416 e. The third-order valence-electron chi connectivity index (χ3n) is 2.41. The second-order valence-corrected chi connectivity index (χ2v) is 5.08. The molecule has 0 amide bonds. The Morgan fingerprint density at radius 2 is 1.95 bits per heavy atom. The van der Waals surface area contributed by atoms with E-state index in [2.05, 4.69) is 6.58 Å². The molecule has 102 valence electrons. The Morgan fingerprint density at radius 1 is 1.42 bits per heavy atom. The Labute approximate surface area is 107 Å². The molecular formula is C11H8F3NO3S. The van der Waals surface area contributed by atoms with Crippen LogP contribution in [0, 0.1) is 18.3 Å². The number of nitrogens with zero attached hydrogens (tertiary/aromatic N) is 1. The predicted octanol–water partition coefficient (Wildman–Crippen LogP) is 2.69. The molecule has 0 aromatic heterocycles. The van der Waals surface area contributed by atoms with Gasteiger partial charge in [0.15, 0.2) is 0 Å². The van der Waals surface area contributed by atoms with Gasteiger partial charge in [0.1, 0.15) is 11.0 Å². The van der Waals surface area contributed by atoms with E-state index in [0.29, 0.717) is 0 Å². The van der Waals surface area contributed by atoms with E-state index in [9.17, 15) is 21.6 Å². The van der Waals surface area contributed by atoms with Gasteiger partial charge in [0.2, 0.25) is 0 Å². The maximum Gasteiger partial charge on any atom is 0.416 e. The van der Waals surface area contributed by atoms with E-state index in [4.69, 9.17) is 9.81 Å². The third-order valence-corrected chi connectivity index (χ3v) is 3.31. The molecule has 19 heavy (non-hydrogen) atoms. The van der Waals surface area contributed by atoms with Gasteiger partial charge < -0.3 is 0 Å². The summed E-state index contributed by atoms with van der Waals surface area (Å²) in [6.45, 7) is 4.12. The Hall–Kier alpha value is -1.85. The molecule has 1 aromatic rings. The first-order valence-electron chi connectivity index (χ1n) is 4.77. The van der Waals surface area contributed by atoms with Gasteiger partial charge in [0.05, 0.1) is 11.1 Å². The van der Waals surface area contributed by atoms with E-state index in [0.717, 1.165) is 12.1 Å². The molecule has 0 aliphatic heterocycles. The summed E-state index contributed by atoms with van der Waals surface area (Å²) >= 11 is 0. The predicted molar refractivity (Wildman–Crippen MR) is 60.8 cm³/mol. The fraction of sp³-hybridized carbons (Fsp3) is 0.182. The molecular weight excluding hydrogens is 283 g/mol. The topological polar surface area (TPSA) is 78.2 Å². The number of nitriles is 1. The molecule has 0 saturated heterocycles. The van der Waals surface area contributed by atoms with Crippen LogP contribution in [0.4, 0.5) is 13.2 Å². The quantitative estimate of drug-likeness (QED) is 0.850. The molecule has 0 unspecified atom stereocenters. The highest BCUT2D eigenvalue weighted by molar-refractivity contribution is 7.86. The minimum absolute atomic E-state index is 0.148. The van der Waals surface area contributed by atoms with Gasteiger partial charge in [-0.05, 0) is 18.6 Å². The van der Waals surface area contributed by atoms with Crippen LogP contribution in [0.3, 0.4) is 0 Å². The first-order chi connectivity index (χ1) is 8.50. The van der Waals surface area contributed by atoms with Gasteiger partial charge in [0, 0.05) is 5.56 Å². The number of hydrogen-bond donors (Lipinski definition) is 1. The van der Waals surface area contributed by atoms with Crippen molar-refractivity contribution in [3.8, 4) is 6.07 Å². The van der Waals surface area contributed by atoms with Gasteiger partial charge in [0.25, 0.3) is 10.1 Å². The van der Waals surface area contributed by atoms with Gasteiger partial charge >= 0.3 is 6.18 Å². The molecule has 0 radical (unpaired) electrons. The van der Waals surface area contributed by atoms with Crippen LogP contribution in [0.2, 0.25) is 0 Å². The molecule has 0 fully saturated rings. The molecule has 0 spiro atoms. The van der Waals surface area contributed by atoms with Crippen LogP contribution in [-0.4, -0.2) is 19.1 Å². The van der Waals surface area contributed by atoms with Crippen LogP contribution >= 0.6 is 0 Å². The van der Waals surface area contributed by atoms with Crippen LogP contribution in [0.25, 0.3) is 5.57 Å². The fourth-order valence-electron chi connectivity index (χ4n) is 1.49. The van der Waals surface area contributed by atoms with Crippen molar-refractivity contribution < 1.29 is 26.1 Å². The minimum atomic E-state index is -4.92. The van der Waals surface area contributed by atoms with Crippen molar-refractivity contribution in [1.29, 1.82) is 5.26 Å². The zero-order valence-corrected chi connectivity index (χ0v) is 10.4. The van der Waals surface area contributed by atoms with Crippen molar-refractivity contribution >= 4 is 15.7 Å². The molecule has 1 N–H and O–H groups in total. The van der Waals surface area contributed by atoms with Crippen molar-refractivity contribution in [2.45, 2.75) is 18.0 Å². The van der Waals surface area contributed by atoms with Crippen LogP contribution in [0.15, 0.2) is 23.6 Å². The van der Waals surface area contributed by atoms with Crippen molar-refractivity contribution in [2.75, 3.05) is 0 Å². The van der Waals surface area contributed by atoms with Crippen LogP contribution in [-0.2, 0) is 10.1 Å². The normalized spacial score (nSPS) is 12.0. The SMILES string of the molecule is C=C(c1c(S(=O)(=O)O)ccc(C)c1C#N)C(F)(F)F. The van der Waals surface area contributed by atoms with Crippen molar-refractivity contribution in [2.24, 2.45) is 0 Å². The summed E-state index contributed by atoms with van der Waals surface area (Å²) < 4.78 is 69.2. The number of benzene rings is 1. The van der Waals surface area contributed by atoms with Gasteiger partial charge in [-0.1, -0.05) is 12.6 Å². The highest BCUT2D eigenvalue weighted by Crippen LogP contribution is 2.38. The first kappa shape index (κ1) is 15.2. The zero-order chi connectivity index (χ0) is 15.0. The van der Waals surface area contributed by atoms with E-state index in [1.807, 2.05) is 0 Å². The van der Waals surface area contributed by atoms with Gasteiger partial charge in [-0.2, -0.15) is 26.9 Å². The van der Waals surface area contributed by atoms with Gasteiger partial charge in [-0.25, -0.2) is 0 Å². The van der Waals surface area contributed by atoms with E-state index >= 15 is 0 Å². The summed E-state index contributed by atoms with van der Waals surface area (Å²) in [6, 6.07) is 3.43. The van der Waals surface area contributed by atoms with Crippen LogP contribution in [0.5, 0.6) is 0 Å². The number of rotatable bonds is 2. The molecule has 1 aromatic carbocycles. The average Bonchev–Trinajstić information content (AvgIpc) is 2.24. The molecule has 8 heteroatoms. The number of hydrogen-bond acceptors (Lipinski definition) is 3. The van der Waals surface area contributed by atoms with Gasteiger partial charge in [-0.3, -0.25) is 4.55 Å². The lowest BCUT2D eigenvalue weighted by Crippen LogP contribution is -2.15. The van der Waals surface area contributed by atoms with E-state index in [1.54, 1.807) is 0 Å². The monoisotopic (exact) mass is 291 g/mol. The lowest BCUT2D eigenvalue weighted by Gasteiger charge is -2.15.